The van der Waals surface area contributed by atoms with Crippen LogP contribution in [0.25, 0.3) is 66.1 Å². The van der Waals surface area contributed by atoms with Crippen LogP contribution in [-0.4, -0.2) is 9.97 Å². The van der Waals surface area contributed by atoms with Gasteiger partial charge in [0.15, 0.2) is 0 Å². The lowest BCUT2D eigenvalue weighted by Crippen LogP contribution is -1.91. The smallest absolute Gasteiger partial charge is 0.0412 e. The van der Waals surface area contributed by atoms with Gasteiger partial charge in [-0.05, 0) is 102 Å². The van der Waals surface area contributed by atoms with Crippen molar-refractivity contribution in [2.75, 3.05) is 0 Å². The Labute approximate surface area is 232 Å². The first kappa shape index (κ1) is 23.3. The Kier molecular flexibility index (Phi) is 5.88. The normalized spacial score (nSPS) is 11.2. The summed E-state index contributed by atoms with van der Waals surface area (Å²) in [4.78, 5) is 8.30. The van der Waals surface area contributed by atoms with Crippen LogP contribution in [0.4, 0.5) is 0 Å². The predicted octanol–water partition coefficient (Wildman–Crippen LogP) is 10.1. The molecule has 0 N–H and O–H groups in total. The molecule has 2 nitrogen and oxygen atoms in total. The van der Waals surface area contributed by atoms with Gasteiger partial charge >= 0.3 is 0 Å². The average molecular weight is 519 g/mol. The van der Waals surface area contributed by atoms with Crippen molar-refractivity contribution >= 4 is 33.1 Å². The molecule has 0 spiro atoms. The molecule has 3 heteroatoms. The molecule has 0 saturated heterocycles. The van der Waals surface area contributed by atoms with Gasteiger partial charge in [-0.2, -0.15) is 0 Å². The molecular formula is C36H23ClN2. The summed E-state index contributed by atoms with van der Waals surface area (Å²) in [6, 6.07) is 40.7. The summed E-state index contributed by atoms with van der Waals surface area (Å²) in [5, 5.41) is 5.48. The van der Waals surface area contributed by atoms with E-state index in [1.54, 1.807) is 0 Å². The minimum Gasteiger partial charge on any atom is -0.265 e. The molecule has 184 valence electrons. The van der Waals surface area contributed by atoms with Crippen LogP contribution in [0.5, 0.6) is 0 Å². The Morgan fingerprint density at radius 3 is 1.23 bits per heavy atom. The molecule has 0 unspecified atom stereocenters. The van der Waals surface area contributed by atoms with Crippen molar-refractivity contribution in [1.29, 1.82) is 0 Å². The van der Waals surface area contributed by atoms with E-state index in [2.05, 4.69) is 94.9 Å². The van der Waals surface area contributed by atoms with E-state index in [1.807, 2.05) is 55.1 Å². The van der Waals surface area contributed by atoms with E-state index < -0.39 is 0 Å². The Balaban J connectivity index is 1.45. The Hall–Kier alpha value is -4.79. The summed E-state index contributed by atoms with van der Waals surface area (Å²) < 4.78 is 0. The van der Waals surface area contributed by atoms with Gasteiger partial charge in [0.2, 0.25) is 0 Å². The number of benzene rings is 5. The van der Waals surface area contributed by atoms with Crippen molar-refractivity contribution in [3.05, 3.63) is 145 Å². The second-order valence-electron chi connectivity index (χ2n) is 9.61. The summed E-state index contributed by atoms with van der Waals surface area (Å²) >= 11 is 6.61. The number of aromatic nitrogens is 2. The highest BCUT2D eigenvalue weighted by Gasteiger charge is 2.17. The van der Waals surface area contributed by atoms with Crippen LogP contribution in [0.2, 0.25) is 5.02 Å². The SMILES string of the molecule is Clc1ccc2c(-c3ccc(-c4ccncc4)cc3)c3ccccc3c(-c3ccc(-c4ccncc4)cc3)c2c1. The van der Waals surface area contributed by atoms with E-state index in [-0.39, 0.29) is 0 Å². The minimum atomic E-state index is 0.728. The minimum absolute atomic E-state index is 0.728. The molecule has 39 heavy (non-hydrogen) atoms. The van der Waals surface area contributed by atoms with Gasteiger partial charge in [0.25, 0.3) is 0 Å². The van der Waals surface area contributed by atoms with Gasteiger partial charge in [0.05, 0.1) is 0 Å². The molecule has 0 atom stereocenters. The molecule has 0 saturated carbocycles. The van der Waals surface area contributed by atoms with Gasteiger partial charge in [-0.3, -0.25) is 9.97 Å². The number of hydrogen-bond donors (Lipinski definition) is 0. The summed E-state index contributed by atoms with van der Waals surface area (Å²) in [7, 11) is 0. The fourth-order valence-electron chi connectivity index (χ4n) is 5.52. The highest BCUT2D eigenvalue weighted by atomic mass is 35.5. The second kappa shape index (κ2) is 9.83. The first-order valence-electron chi connectivity index (χ1n) is 12.9. The maximum Gasteiger partial charge on any atom is 0.0412 e. The summed E-state index contributed by atoms with van der Waals surface area (Å²) in [5.74, 6) is 0. The van der Waals surface area contributed by atoms with Crippen molar-refractivity contribution in [1.82, 2.24) is 9.97 Å². The average Bonchev–Trinajstić information content (AvgIpc) is 3.01. The van der Waals surface area contributed by atoms with E-state index in [0.717, 1.165) is 27.1 Å². The zero-order valence-electron chi connectivity index (χ0n) is 21.1. The molecule has 0 aliphatic rings. The van der Waals surface area contributed by atoms with Crippen LogP contribution >= 0.6 is 11.6 Å². The third-order valence-corrected chi connectivity index (χ3v) is 7.60. The standard InChI is InChI=1S/C36H23ClN2/c37-30-13-14-33-34(23-30)36(29-11-7-25(8-12-29)27-17-21-39-22-18-27)32-4-2-1-3-31(32)35(33)28-9-5-24(6-10-28)26-15-19-38-20-16-26/h1-23H. The highest BCUT2D eigenvalue weighted by Crippen LogP contribution is 2.44. The van der Waals surface area contributed by atoms with Crippen molar-refractivity contribution < 1.29 is 0 Å². The molecule has 7 rings (SSSR count). The lowest BCUT2D eigenvalue weighted by Gasteiger charge is -2.18. The van der Waals surface area contributed by atoms with Crippen LogP contribution in [0.15, 0.2) is 140 Å². The van der Waals surface area contributed by atoms with Crippen LogP contribution in [0, 0.1) is 0 Å². The molecule has 5 aromatic carbocycles. The van der Waals surface area contributed by atoms with Crippen molar-refractivity contribution in [3.8, 4) is 44.5 Å². The van der Waals surface area contributed by atoms with Crippen molar-refractivity contribution in [2.45, 2.75) is 0 Å². The topological polar surface area (TPSA) is 25.8 Å². The van der Waals surface area contributed by atoms with E-state index >= 15 is 0 Å². The molecule has 0 amide bonds. The van der Waals surface area contributed by atoms with Gasteiger partial charge in [0, 0.05) is 29.8 Å². The number of hydrogen-bond acceptors (Lipinski definition) is 2. The Morgan fingerprint density at radius 2 is 0.744 bits per heavy atom. The lowest BCUT2D eigenvalue weighted by molar-refractivity contribution is 1.33. The molecule has 2 heterocycles. The second-order valence-corrected chi connectivity index (χ2v) is 10.0. The fourth-order valence-corrected chi connectivity index (χ4v) is 5.69. The number of nitrogens with zero attached hydrogens (tertiary/aromatic N) is 2. The predicted molar refractivity (Wildman–Crippen MR) is 164 cm³/mol. The Bertz CT molecular complexity index is 1930. The maximum absolute atomic E-state index is 6.61. The molecule has 2 aromatic heterocycles. The van der Waals surface area contributed by atoms with Crippen LogP contribution in [-0.2, 0) is 0 Å². The number of pyridine rings is 2. The van der Waals surface area contributed by atoms with Gasteiger partial charge in [-0.25, -0.2) is 0 Å². The van der Waals surface area contributed by atoms with Crippen molar-refractivity contribution in [3.63, 3.8) is 0 Å². The van der Waals surface area contributed by atoms with Crippen LogP contribution in [0.1, 0.15) is 0 Å². The van der Waals surface area contributed by atoms with Gasteiger partial charge in [0.1, 0.15) is 0 Å². The number of halogens is 1. The first-order valence-corrected chi connectivity index (χ1v) is 13.3. The summed E-state index contributed by atoms with van der Waals surface area (Å²) in [5.41, 5.74) is 9.40. The molecule has 7 aromatic rings. The molecule has 0 fully saturated rings. The van der Waals surface area contributed by atoms with E-state index in [1.165, 1.54) is 44.0 Å². The fraction of sp³-hybridized carbons (Fsp3) is 0. The van der Waals surface area contributed by atoms with E-state index in [9.17, 15) is 0 Å². The van der Waals surface area contributed by atoms with Gasteiger partial charge in [-0.15, -0.1) is 0 Å². The first-order chi connectivity index (χ1) is 19.3. The van der Waals surface area contributed by atoms with Crippen LogP contribution < -0.4 is 0 Å². The third kappa shape index (κ3) is 4.25. The molecule has 0 aliphatic heterocycles. The third-order valence-electron chi connectivity index (χ3n) is 7.36. The van der Waals surface area contributed by atoms with Crippen molar-refractivity contribution in [2.24, 2.45) is 0 Å². The number of rotatable bonds is 4. The lowest BCUT2D eigenvalue weighted by atomic mass is 9.85. The number of fused-ring (bicyclic) bond motifs is 2. The zero-order valence-corrected chi connectivity index (χ0v) is 21.8. The quantitative estimate of drug-likeness (QED) is 0.216. The molecule has 0 radical (unpaired) electrons. The molecular weight excluding hydrogens is 496 g/mol. The van der Waals surface area contributed by atoms with E-state index in [0.29, 0.717) is 0 Å². The molecule has 0 bridgehead atoms. The zero-order chi connectivity index (χ0) is 26.2. The summed E-state index contributed by atoms with van der Waals surface area (Å²) in [6.07, 6.45) is 7.32. The van der Waals surface area contributed by atoms with Gasteiger partial charge in [-0.1, -0.05) is 90.5 Å². The largest absolute Gasteiger partial charge is 0.265 e. The maximum atomic E-state index is 6.61. The highest BCUT2D eigenvalue weighted by molar-refractivity contribution is 6.32. The molecule has 0 aliphatic carbocycles. The van der Waals surface area contributed by atoms with Gasteiger partial charge < -0.3 is 0 Å². The van der Waals surface area contributed by atoms with E-state index in [4.69, 9.17) is 11.6 Å². The monoisotopic (exact) mass is 518 g/mol. The Morgan fingerprint density at radius 1 is 0.359 bits per heavy atom. The summed E-state index contributed by atoms with van der Waals surface area (Å²) in [6.45, 7) is 0. The van der Waals surface area contributed by atoms with Crippen LogP contribution in [0.3, 0.4) is 0 Å².